The molecule has 4 nitrogen and oxygen atoms in total. The monoisotopic (exact) mass is 413 g/mol. The van der Waals surface area contributed by atoms with E-state index in [1.54, 1.807) is 23.1 Å². The van der Waals surface area contributed by atoms with E-state index in [-0.39, 0.29) is 5.91 Å². The van der Waals surface area contributed by atoms with Crippen molar-refractivity contribution in [3.8, 4) is 0 Å². The molecular weight excluding hydrogens is 386 g/mol. The highest BCUT2D eigenvalue weighted by molar-refractivity contribution is 7.98. The number of aryl methyl sites for hydroxylation is 2. The zero-order valence-corrected chi connectivity index (χ0v) is 18.8. The van der Waals surface area contributed by atoms with E-state index in [4.69, 9.17) is 4.98 Å². The molecule has 1 amide bonds. The minimum atomic E-state index is 0.0167. The van der Waals surface area contributed by atoms with E-state index in [1.165, 1.54) is 11.1 Å². The molecule has 0 saturated carbocycles. The molecule has 0 bridgehead atoms. The van der Waals surface area contributed by atoms with E-state index >= 15 is 0 Å². The molecule has 28 heavy (non-hydrogen) atoms. The van der Waals surface area contributed by atoms with E-state index in [0.29, 0.717) is 12.1 Å². The van der Waals surface area contributed by atoms with Gasteiger partial charge in [-0.25, -0.2) is 4.98 Å². The fraction of sp³-hybridized carbons (Fsp3) is 0.364. The third-order valence-electron chi connectivity index (χ3n) is 4.85. The van der Waals surface area contributed by atoms with Crippen molar-refractivity contribution in [1.29, 1.82) is 0 Å². The van der Waals surface area contributed by atoms with Crippen LogP contribution < -0.4 is 4.90 Å². The van der Waals surface area contributed by atoms with Gasteiger partial charge < -0.3 is 4.90 Å². The van der Waals surface area contributed by atoms with E-state index in [2.05, 4.69) is 45.0 Å². The van der Waals surface area contributed by atoms with E-state index in [1.807, 2.05) is 35.4 Å². The van der Waals surface area contributed by atoms with Crippen molar-refractivity contribution in [2.75, 3.05) is 38.3 Å². The van der Waals surface area contributed by atoms with Crippen LogP contribution in [-0.4, -0.2) is 49.2 Å². The Kier molecular flexibility index (Phi) is 6.75. The molecular formula is C22H27N3OS2. The number of thioether (sulfide) groups is 1. The maximum absolute atomic E-state index is 13.4. The molecule has 0 radical (unpaired) electrons. The van der Waals surface area contributed by atoms with Gasteiger partial charge in [-0.2, -0.15) is 0 Å². The number of anilines is 1. The summed E-state index contributed by atoms with van der Waals surface area (Å²) in [6.07, 6.45) is 2.92. The summed E-state index contributed by atoms with van der Waals surface area (Å²) in [4.78, 5) is 23.3. The van der Waals surface area contributed by atoms with Gasteiger partial charge in [-0.15, -0.1) is 11.8 Å². The van der Waals surface area contributed by atoms with E-state index in [9.17, 15) is 4.79 Å². The highest BCUT2D eigenvalue weighted by Crippen LogP contribution is 2.33. The molecule has 0 unspecified atom stereocenters. The summed E-state index contributed by atoms with van der Waals surface area (Å²) in [7, 11) is 4.11. The Morgan fingerprint density at radius 3 is 2.64 bits per heavy atom. The highest BCUT2D eigenvalue weighted by Gasteiger charge is 2.22. The Morgan fingerprint density at radius 2 is 1.93 bits per heavy atom. The fourth-order valence-electron chi connectivity index (χ4n) is 3.07. The molecule has 1 heterocycles. The Morgan fingerprint density at radius 1 is 1.14 bits per heavy atom. The van der Waals surface area contributed by atoms with Gasteiger partial charge in [-0.1, -0.05) is 23.5 Å². The van der Waals surface area contributed by atoms with Crippen LogP contribution in [0.1, 0.15) is 27.9 Å². The summed E-state index contributed by atoms with van der Waals surface area (Å²) >= 11 is 3.24. The molecule has 0 atom stereocenters. The Bertz CT molecular complexity index is 981. The smallest absolute Gasteiger partial charge is 0.260 e. The van der Waals surface area contributed by atoms with Crippen molar-refractivity contribution in [3.63, 3.8) is 0 Å². The Labute approximate surface area is 175 Å². The van der Waals surface area contributed by atoms with Crippen LogP contribution in [0.4, 0.5) is 5.13 Å². The van der Waals surface area contributed by atoms with Crippen LogP contribution in [0.25, 0.3) is 10.2 Å². The quantitative estimate of drug-likeness (QED) is 0.497. The number of thiazole rings is 1. The number of fused-ring (bicyclic) bond motifs is 1. The SMILES string of the molecule is CSc1cccc(C(=O)N(CCCN(C)C)c2nc3c(C)c(C)ccc3s2)c1. The number of hydrogen-bond donors (Lipinski definition) is 0. The van der Waals surface area contributed by atoms with Crippen LogP contribution in [0, 0.1) is 13.8 Å². The Hall–Kier alpha value is -1.89. The Balaban J connectivity index is 1.98. The zero-order valence-electron chi connectivity index (χ0n) is 17.2. The average Bonchev–Trinajstić information content (AvgIpc) is 3.12. The van der Waals surface area contributed by atoms with Gasteiger partial charge in [0, 0.05) is 17.0 Å². The number of hydrogen-bond acceptors (Lipinski definition) is 5. The van der Waals surface area contributed by atoms with Crippen molar-refractivity contribution < 1.29 is 4.79 Å². The number of amides is 1. The van der Waals surface area contributed by atoms with E-state index < -0.39 is 0 Å². The minimum Gasteiger partial charge on any atom is -0.309 e. The summed E-state index contributed by atoms with van der Waals surface area (Å²) in [5.74, 6) is 0.0167. The standard InChI is InChI=1S/C22H27N3OS2/c1-15-10-11-19-20(16(15)2)23-22(28-19)25(13-7-12-24(3)4)21(26)17-8-6-9-18(14-17)27-5/h6,8-11,14H,7,12-13H2,1-5H3. The largest absolute Gasteiger partial charge is 0.309 e. The first-order valence-electron chi connectivity index (χ1n) is 9.38. The highest BCUT2D eigenvalue weighted by atomic mass is 32.2. The summed E-state index contributed by atoms with van der Waals surface area (Å²) in [6.45, 7) is 5.78. The lowest BCUT2D eigenvalue weighted by Gasteiger charge is -2.21. The number of aromatic nitrogens is 1. The zero-order chi connectivity index (χ0) is 20.3. The van der Waals surface area contributed by atoms with Crippen molar-refractivity contribution in [3.05, 3.63) is 53.1 Å². The molecule has 2 aromatic carbocycles. The molecule has 0 saturated heterocycles. The summed E-state index contributed by atoms with van der Waals surface area (Å²) in [5, 5.41) is 0.780. The molecule has 1 aromatic heterocycles. The maximum atomic E-state index is 13.4. The first-order valence-corrected chi connectivity index (χ1v) is 11.4. The number of benzene rings is 2. The third-order valence-corrected chi connectivity index (χ3v) is 6.62. The van der Waals surface area contributed by atoms with Crippen LogP contribution in [0.3, 0.4) is 0 Å². The lowest BCUT2D eigenvalue weighted by atomic mass is 10.1. The predicted molar refractivity (Wildman–Crippen MR) is 122 cm³/mol. The lowest BCUT2D eigenvalue weighted by molar-refractivity contribution is 0.0986. The van der Waals surface area contributed by atoms with Crippen LogP contribution in [-0.2, 0) is 0 Å². The number of rotatable bonds is 7. The van der Waals surface area contributed by atoms with Gasteiger partial charge in [0.05, 0.1) is 10.2 Å². The second-order valence-electron chi connectivity index (χ2n) is 7.20. The first-order chi connectivity index (χ1) is 13.4. The molecule has 0 fully saturated rings. The van der Waals surface area contributed by atoms with Crippen molar-refractivity contribution in [1.82, 2.24) is 9.88 Å². The molecule has 0 aliphatic carbocycles. The second kappa shape index (κ2) is 9.07. The van der Waals surface area contributed by atoms with Gasteiger partial charge >= 0.3 is 0 Å². The van der Waals surface area contributed by atoms with E-state index in [0.717, 1.165) is 33.2 Å². The fourth-order valence-corrected chi connectivity index (χ4v) is 4.58. The second-order valence-corrected chi connectivity index (χ2v) is 9.08. The predicted octanol–water partition coefficient (Wildman–Crippen LogP) is 5.23. The van der Waals surface area contributed by atoms with Gasteiger partial charge in [0.1, 0.15) is 0 Å². The van der Waals surface area contributed by atoms with Crippen LogP contribution in [0.15, 0.2) is 41.3 Å². The molecule has 0 aliphatic rings. The summed E-state index contributed by atoms with van der Waals surface area (Å²) in [5.41, 5.74) is 4.12. The molecule has 0 N–H and O–H groups in total. The summed E-state index contributed by atoms with van der Waals surface area (Å²) < 4.78 is 1.13. The number of carbonyl (C=O) groups is 1. The van der Waals surface area contributed by atoms with Crippen LogP contribution in [0.5, 0.6) is 0 Å². The minimum absolute atomic E-state index is 0.0167. The molecule has 3 aromatic rings. The summed E-state index contributed by atoms with van der Waals surface area (Å²) in [6, 6.07) is 12.1. The van der Waals surface area contributed by atoms with Crippen molar-refractivity contribution in [2.24, 2.45) is 0 Å². The molecule has 6 heteroatoms. The third kappa shape index (κ3) is 4.57. The van der Waals surface area contributed by atoms with Gasteiger partial charge in [0.25, 0.3) is 5.91 Å². The van der Waals surface area contributed by atoms with Gasteiger partial charge in [0.2, 0.25) is 0 Å². The van der Waals surface area contributed by atoms with Gasteiger partial charge in [-0.05, 0) is 82.6 Å². The topological polar surface area (TPSA) is 36.4 Å². The molecule has 0 aliphatic heterocycles. The van der Waals surface area contributed by atoms with Crippen molar-refractivity contribution in [2.45, 2.75) is 25.2 Å². The van der Waals surface area contributed by atoms with Gasteiger partial charge in [-0.3, -0.25) is 9.69 Å². The van der Waals surface area contributed by atoms with Crippen LogP contribution in [0.2, 0.25) is 0 Å². The van der Waals surface area contributed by atoms with Crippen LogP contribution >= 0.6 is 23.1 Å². The van der Waals surface area contributed by atoms with Crippen molar-refractivity contribution >= 4 is 44.4 Å². The average molecular weight is 414 g/mol. The maximum Gasteiger partial charge on any atom is 0.260 e. The van der Waals surface area contributed by atoms with Gasteiger partial charge in [0.15, 0.2) is 5.13 Å². The normalized spacial score (nSPS) is 11.4. The molecule has 0 spiro atoms. The molecule has 3 rings (SSSR count). The first kappa shape index (κ1) is 20.8. The molecule has 148 valence electrons. The number of carbonyl (C=O) groups excluding carboxylic acids is 1. The number of nitrogens with zero attached hydrogens (tertiary/aromatic N) is 3. The lowest BCUT2D eigenvalue weighted by Crippen LogP contribution is -2.33.